The predicted octanol–water partition coefficient (Wildman–Crippen LogP) is 4.03. The molecular formula is C15H31N. The van der Waals surface area contributed by atoms with Crippen molar-refractivity contribution in [3.05, 3.63) is 0 Å². The van der Waals surface area contributed by atoms with Crippen LogP contribution in [0.4, 0.5) is 0 Å². The first kappa shape index (κ1) is 14.0. The maximum atomic E-state index is 2.73. The smallest absolute Gasteiger partial charge is 0.00983 e. The molecule has 4 atom stereocenters. The highest BCUT2D eigenvalue weighted by atomic mass is 15.2. The molecule has 4 unspecified atom stereocenters. The molecule has 1 aliphatic rings. The molecule has 0 saturated carbocycles. The van der Waals surface area contributed by atoms with E-state index in [4.69, 9.17) is 0 Å². The number of hydrogen-bond donors (Lipinski definition) is 0. The van der Waals surface area contributed by atoms with Crippen molar-refractivity contribution in [1.29, 1.82) is 0 Å². The second kappa shape index (κ2) is 4.68. The fourth-order valence-corrected chi connectivity index (χ4v) is 3.17. The third-order valence-corrected chi connectivity index (χ3v) is 4.88. The Hall–Kier alpha value is -0.0400. The van der Waals surface area contributed by atoms with Gasteiger partial charge in [-0.2, -0.15) is 0 Å². The van der Waals surface area contributed by atoms with Crippen LogP contribution in [-0.4, -0.2) is 23.5 Å². The van der Waals surface area contributed by atoms with E-state index in [1.165, 1.54) is 6.54 Å². The zero-order valence-electron chi connectivity index (χ0n) is 12.5. The summed E-state index contributed by atoms with van der Waals surface area (Å²) in [6, 6.07) is 1.45. The van der Waals surface area contributed by atoms with Crippen molar-refractivity contribution in [2.45, 2.75) is 67.5 Å². The Labute approximate surface area is 103 Å². The summed E-state index contributed by atoms with van der Waals surface area (Å²) in [5.74, 6) is 2.48. The quantitative estimate of drug-likeness (QED) is 0.651. The molecule has 96 valence electrons. The number of piperidine rings is 1. The monoisotopic (exact) mass is 225 g/mol. The second-order valence-electron chi connectivity index (χ2n) is 7.29. The zero-order chi connectivity index (χ0) is 12.7. The second-order valence-corrected chi connectivity index (χ2v) is 7.29. The number of hydrogen-bond acceptors (Lipinski definition) is 1. The molecule has 0 aliphatic carbocycles. The summed E-state index contributed by atoms with van der Waals surface area (Å²) in [6.45, 7) is 20.4. The van der Waals surface area contributed by atoms with Crippen LogP contribution >= 0.6 is 0 Å². The minimum atomic E-state index is 0.405. The van der Waals surface area contributed by atoms with E-state index in [1.54, 1.807) is 0 Å². The lowest BCUT2D eigenvalue weighted by Crippen LogP contribution is -2.56. The first-order valence-corrected chi connectivity index (χ1v) is 6.91. The molecule has 1 rings (SSSR count). The van der Waals surface area contributed by atoms with E-state index in [9.17, 15) is 0 Å². The van der Waals surface area contributed by atoms with Gasteiger partial charge in [-0.25, -0.2) is 0 Å². The van der Waals surface area contributed by atoms with E-state index in [-0.39, 0.29) is 0 Å². The molecule has 0 spiro atoms. The molecule has 0 amide bonds. The van der Waals surface area contributed by atoms with Gasteiger partial charge in [0.25, 0.3) is 0 Å². The van der Waals surface area contributed by atoms with E-state index in [2.05, 4.69) is 60.3 Å². The van der Waals surface area contributed by atoms with E-state index in [0.717, 1.165) is 29.8 Å². The lowest BCUT2D eigenvalue weighted by atomic mass is 9.72. The summed E-state index contributed by atoms with van der Waals surface area (Å²) >= 11 is 0. The van der Waals surface area contributed by atoms with Gasteiger partial charge >= 0.3 is 0 Å². The van der Waals surface area contributed by atoms with Crippen LogP contribution < -0.4 is 0 Å². The highest BCUT2D eigenvalue weighted by Gasteiger charge is 2.40. The topological polar surface area (TPSA) is 3.24 Å². The Morgan fingerprint density at radius 3 is 1.44 bits per heavy atom. The molecule has 0 radical (unpaired) electrons. The standard InChI is InChI=1S/C15H31N/c1-10-11(2)13(4)16(9-15(6,7)8)14(5)12(10)3/h10-14H,9H2,1-8H3. The van der Waals surface area contributed by atoms with Gasteiger partial charge in [0.2, 0.25) is 0 Å². The van der Waals surface area contributed by atoms with Crippen LogP contribution in [0.15, 0.2) is 0 Å². The van der Waals surface area contributed by atoms with Crippen LogP contribution in [0.2, 0.25) is 0 Å². The number of nitrogens with zero attached hydrogens (tertiary/aromatic N) is 1. The van der Waals surface area contributed by atoms with Gasteiger partial charge in [0.15, 0.2) is 0 Å². The van der Waals surface area contributed by atoms with Crippen LogP contribution in [0.25, 0.3) is 0 Å². The van der Waals surface area contributed by atoms with Gasteiger partial charge in [0.1, 0.15) is 0 Å². The third-order valence-electron chi connectivity index (χ3n) is 4.88. The predicted molar refractivity (Wildman–Crippen MR) is 72.6 cm³/mol. The van der Waals surface area contributed by atoms with Crippen molar-refractivity contribution in [2.75, 3.05) is 6.54 Å². The van der Waals surface area contributed by atoms with Crippen LogP contribution in [-0.2, 0) is 0 Å². The highest BCUT2D eigenvalue weighted by Crippen LogP contribution is 2.38. The number of likely N-dealkylation sites (tertiary alicyclic amines) is 1. The van der Waals surface area contributed by atoms with Crippen LogP contribution in [0.3, 0.4) is 0 Å². The van der Waals surface area contributed by atoms with Crippen LogP contribution in [0, 0.1) is 23.2 Å². The van der Waals surface area contributed by atoms with Gasteiger partial charge in [0.05, 0.1) is 0 Å². The minimum absolute atomic E-state index is 0.405. The molecule has 1 heterocycles. The fourth-order valence-electron chi connectivity index (χ4n) is 3.17. The Kier molecular flexibility index (Phi) is 4.10. The summed E-state index contributed by atoms with van der Waals surface area (Å²) in [7, 11) is 0. The molecule has 1 fully saturated rings. The van der Waals surface area contributed by atoms with E-state index in [0.29, 0.717) is 5.41 Å². The van der Waals surface area contributed by atoms with Crippen molar-refractivity contribution in [1.82, 2.24) is 4.90 Å². The Bertz CT molecular complexity index is 212. The van der Waals surface area contributed by atoms with Crippen molar-refractivity contribution in [3.63, 3.8) is 0 Å². The van der Waals surface area contributed by atoms with Crippen molar-refractivity contribution in [3.8, 4) is 0 Å². The Morgan fingerprint density at radius 2 is 1.12 bits per heavy atom. The lowest BCUT2D eigenvalue weighted by molar-refractivity contribution is -0.0292. The molecule has 0 aromatic heterocycles. The molecule has 1 aliphatic heterocycles. The van der Waals surface area contributed by atoms with Crippen molar-refractivity contribution in [2.24, 2.45) is 23.2 Å². The summed E-state index contributed by atoms with van der Waals surface area (Å²) in [5, 5.41) is 0. The van der Waals surface area contributed by atoms with Gasteiger partial charge < -0.3 is 0 Å². The first-order chi connectivity index (χ1) is 7.15. The summed E-state index contributed by atoms with van der Waals surface area (Å²) in [6.07, 6.45) is 0. The molecule has 1 nitrogen and oxygen atoms in total. The maximum absolute atomic E-state index is 2.73. The zero-order valence-corrected chi connectivity index (χ0v) is 12.5. The highest BCUT2D eigenvalue weighted by molar-refractivity contribution is 4.92. The summed E-state index contributed by atoms with van der Waals surface area (Å²) < 4.78 is 0. The molecular weight excluding hydrogens is 194 g/mol. The van der Waals surface area contributed by atoms with Gasteiger partial charge in [-0.05, 0) is 37.0 Å². The summed E-state index contributed by atoms with van der Waals surface area (Å²) in [5.41, 5.74) is 0.405. The SMILES string of the molecule is CC1C(C)C(C)N(CC(C)(C)C)C(C)C1C. The largest absolute Gasteiger partial charge is 0.297 e. The fraction of sp³-hybridized carbons (Fsp3) is 1.00. The van der Waals surface area contributed by atoms with E-state index in [1.807, 2.05) is 0 Å². The van der Waals surface area contributed by atoms with Gasteiger partial charge in [-0.3, -0.25) is 4.90 Å². The normalized spacial score (nSPS) is 42.4. The van der Waals surface area contributed by atoms with Gasteiger partial charge in [-0.1, -0.05) is 41.5 Å². The van der Waals surface area contributed by atoms with Gasteiger partial charge in [-0.15, -0.1) is 0 Å². The third kappa shape index (κ3) is 2.80. The van der Waals surface area contributed by atoms with Crippen molar-refractivity contribution < 1.29 is 0 Å². The first-order valence-electron chi connectivity index (χ1n) is 6.91. The van der Waals surface area contributed by atoms with Crippen LogP contribution in [0.5, 0.6) is 0 Å². The Balaban J connectivity index is 2.83. The Morgan fingerprint density at radius 1 is 0.750 bits per heavy atom. The lowest BCUT2D eigenvalue weighted by Gasteiger charge is -2.51. The van der Waals surface area contributed by atoms with Gasteiger partial charge in [0, 0.05) is 18.6 Å². The molecule has 0 bridgehead atoms. The number of rotatable bonds is 1. The summed E-state index contributed by atoms with van der Waals surface area (Å²) in [4.78, 5) is 2.73. The minimum Gasteiger partial charge on any atom is -0.297 e. The molecule has 0 aromatic carbocycles. The molecule has 1 saturated heterocycles. The van der Waals surface area contributed by atoms with Crippen molar-refractivity contribution >= 4 is 0 Å². The van der Waals surface area contributed by atoms with E-state index >= 15 is 0 Å². The molecule has 0 N–H and O–H groups in total. The molecule has 0 aromatic rings. The molecule has 1 heteroatoms. The molecule has 16 heavy (non-hydrogen) atoms. The average Bonchev–Trinajstić information content (AvgIpc) is 2.17. The average molecular weight is 225 g/mol. The maximum Gasteiger partial charge on any atom is 0.00983 e. The van der Waals surface area contributed by atoms with E-state index < -0.39 is 0 Å². The van der Waals surface area contributed by atoms with Crippen LogP contribution in [0.1, 0.15) is 55.4 Å².